The van der Waals surface area contributed by atoms with Gasteiger partial charge in [-0.1, -0.05) is 13.8 Å². The minimum Gasteiger partial charge on any atom is -0.507 e. The highest BCUT2D eigenvalue weighted by atomic mass is 32.1. The number of rotatable bonds is 7. The van der Waals surface area contributed by atoms with Crippen LogP contribution in [0.5, 0.6) is 5.75 Å². The Morgan fingerprint density at radius 2 is 1.82 bits per heavy atom. The molecule has 1 saturated heterocycles. The molecule has 1 N–H and O–H groups in total. The first-order chi connectivity index (χ1) is 15.9. The molecule has 0 bridgehead atoms. The molecule has 6 nitrogen and oxygen atoms in total. The van der Waals surface area contributed by atoms with E-state index in [1.54, 1.807) is 36.7 Å². The van der Waals surface area contributed by atoms with Gasteiger partial charge in [-0.3, -0.25) is 14.6 Å². The lowest BCUT2D eigenvalue weighted by molar-refractivity contribution is -0.140. The fourth-order valence-corrected chi connectivity index (χ4v) is 4.84. The van der Waals surface area contributed by atoms with Crippen LogP contribution >= 0.6 is 11.3 Å². The van der Waals surface area contributed by atoms with Crippen LogP contribution in [0.1, 0.15) is 41.5 Å². The summed E-state index contributed by atoms with van der Waals surface area (Å²) in [5, 5.41) is 13.1. The zero-order valence-corrected chi connectivity index (χ0v) is 19.6. The Morgan fingerprint density at radius 3 is 2.42 bits per heavy atom. The average molecular weight is 463 g/mol. The van der Waals surface area contributed by atoms with E-state index in [9.17, 15) is 14.7 Å². The van der Waals surface area contributed by atoms with Crippen LogP contribution in [-0.4, -0.2) is 33.3 Å². The number of benzene rings is 1. The van der Waals surface area contributed by atoms with E-state index in [0.717, 1.165) is 16.0 Å². The third kappa shape index (κ3) is 4.68. The summed E-state index contributed by atoms with van der Waals surface area (Å²) in [4.78, 5) is 32.6. The van der Waals surface area contributed by atoms with Gasteiger partial charge >= 0.3 is 0 Å². The smallest absolute Gasteiger partial charge is 0.295 e. The number of hydrogen-bond donors (Lipinski definition) is 1. The number of ether oxygens (including phenoxy) is 1. The standard InChI is InChI=1S/C26H26N2O4S/c1-16(2)15-32-20-6-4-19(5-7-20)23(29)21-22(25-17(3)10-13-33-25)28(26(31)24(21)30)14-18-8-11-27-12-9-18/h4-13,16,22,29H,14-15H2,1-3H3/b23-21-. The van der Waals surface area contributed by atoms with Crippen molar-refractivity contribution in [2.45, 2.75) is 33.4 Å². The fourth-order valence-electron chi connectivity index (χ4n) is 3.79. The zero-order chi connectivity index (χ0) is 23.5. The van der Waals surface area contributed by atoms with E-state index >= 15 is 0 Å². The molecule has 1 atom stereocenters. The van der Waals surface area contributed by atoms with E-state index in [2.05, 4.69) is 18.8 Å². The number of thiophene rings is 1. The number of pyridine rings is 1. The monoisotopic (exact) mass is 462 g/mol. The van der Waals surface area contributed by atoms with Gasteiger partial charge in [-0.2, -0.15) is 0 Å². The Labute approximate surface area is 197 Å². The number of Topliss-reactive ketones (excluding diaryl/α,β-unsaturated/α-hetero) is 1. The van der Waals surface area contributed by atoms with Gasteiger partial charge in [-0.15, -0.1) is 11.3 Å². The number of aliphatic hydroxyl groups excluding tert-OH is 1. The lowest BCUT2D eigenvalue weighted by Gasteiger charge is -2.25. The van der Waals surface area contributed by atoms with Gasteiger partial charge in [0.1, 0.15) is 17.6 Å². The normalized spacial score (nSPS) is 17.7. The van der Waals surface area contributed by atoms with E-state index in [0.29, 0.717) is 23.8 Å². The number of carbonyl (C=O) groups excluding carboxylic acids is 2. The molecule has 0 saturated carbocycles. The minimum absolute atomic E-state index is 0.107. The lowest BCUT2D eigenvalue weighted by atomic mass is 9.98. The van der Waals surface area contributed by atoms with Crippen LogP contribution < -0.4 is 4.74 Å². The fraction of sp³-hybridized carbons (Fsp3) is 0.269. The van der Waals surface area contributed by atoms with E-state index in [1.807, 2.05) is 30.5 Å². The molecule has 33 heavy (non-hydrogen) atoms. The van der Waals surface area contributed by atoms with Crippen LogP contribution in [0.25, 0.3) is 5.76 Å². The number of likely N-dealkylation sites (tertiary alicyclic amines) is 1. The molecule has 2 aromatic heterocycles. The summed E-state index contributed by atoms with van der Waals surface area (Å²) >= 11 is 1.47. The van der Waals surface area contributed by atoms with Crippen molar-refractivity contribution >= 4 is 28.8 Å². The second-order valence-electron chi connectivity index (χ2n) is 8.48. The van der Waals surface area contributed by atoms with E-state index in [1.165, 1.54) is 16.2 Å². The number of hydrogen-bond acceptors (Lipinski definition) is 6. The second kappa shape index (κ2) is 9.58. The molecule has 0 spiro atoms. The van der Waals surface area contributed by atoms with Crippen LogP contribution in [0.2, 0.25) is 0 Å². The molecule has 3 heterocycles. The molecule has 0 aliphatic carbocycles. The van der Waals surface area contributed by atoms with Gasteiger partial charge in [0.25, 0.3) is 11.7 Å². The highest BCUT2D eigenvalue weighted by Gasteiger charge is 2.47. The summed E-state index contributed by atoms with van der Waals surface area (Å²) in [5.41, 5.74) is 2.40. The molecule has 1 aliphatic rings. The van der Waals surface area contributed by atoms with Gasteiger partial charge in [-0.25, -0.2) is 0 Å². The van der Waals surface area contributed by atoms with Gasteiger partial charge in [0.2, 0.25) is 0 Å². The molecule has 170 valence electrons. The van der Waals surface area contributed by atoms with Crippen LogP contribution in [0.3, 0.4) is 0 Å². The lowest BCUT2D eigenvalue weighted by Crippen LogP contribution is -2.29. The molecule has 1 amide bonds. The van der Waals surface area contributed by atoms with E-state index < -0.39 is 17.7 Å². The molecule has 7 heteroatoms. The summed E-state index contributed by atoms with van der Waals surface area (Å²) in [7, 11) is 0. The zero-order valence-electron chi connectivity index (χ0n) is 18.8. The summed E-state index contributed by atoms with van der Waals surface area (Å²) < 4.78 is 5.71. The third-order valence-corrected chi connectivity index (χ3v) is 6.57. The Morgan fingerprint density at radius 1 is 1.12 bits per heavy atom. The van der Waals surface area contributed by atoms with Crippen molar-refractivity contribution in [1.29, 1.82) is 0 Å². The summed E-state index contributed by atoms with van der Waals surface area (Å²) in [6, 6.07) is 11.9. The van der Waals surface area contributed by atoms with Gasteiger partial charge in [-0.05, 0) is 71.8 Å². The van der Waals surface area contributed by atoms with Crippen molar-refractivity contribution in [3.63, 3.8) is 0 Å². The number of ketones is 1. The first-order valence-electron chi connectivity index (χ1n) is 10.8. The van der Waals surface area contributed by atoms with Gasteiger partial charge in [0.05, 0.1) is 12.2 Å². The van der Waals surface area contributed by atoms with Gasteiger partial charge < -0.3 is 14.7 Å². The predicted molar refractivity (Wildman–Crippen MR) is 128 cm³/mol. The van der Waals surface area contributed by atoms with Crippen molar-refractivity contribution in [1.82, 2.24) is 9.88 Å². The minimum atomic E-state index is -0.681. The number of aliphatic hydroxyl groups is 1. The van der Waals surface area contributed by atoms with Gasteiger partial charge in [0, 0.05) is 29.4 Å². The van der Waals surface area contributed by atoms with Gasteiger partial charge in [0.15, 0.2) is 0 Å². The third-order valence-electron chi connectivity index (χ3n) is 5.50. The molecule has 4 rings (SSSR count). The Kier molecular flexibility index (Phi) is 6.60. The van der Waals surface area contributed by atoms with Crippen molar-refractivity contribution in [3.05, 3.63) is 87.4 Å². The molecular weight excluding hydrogens is 436 g/mol. The second-order valence-corrected chi connectivity index (χ2v) is 9.43. The molecule has 1 aliphatic heterocycles. The number of amides is 1. The summed E-state index contributed by atoms with van der Waals surface area (Å²) in [5.74, 6) is -0.408. The van der Waals surface area contributed by atoms with E-state index in [4.69, 9.17) is 4.74 Å². The highest BCUT2D eigenvalue weighted by Crippen LogP contribution is 2.43. The van der Waals surface area contributed by atoms with Crippen LogP contribution in [0, 0.1) is 12.8 Å². The van der Waals surface area contributed by atoms with Crippen LogP contribution in [0.15, 0.2) is 65.8 Å². The number of nitrogens with zero attached hydrogens (tertiary/aromatic N) is 2. The Balaban J connectivity index is 1.75. The predicted octanol–water partition coefficient (Wildman–Crippen LogP) is 5.11. The van der Waals surface area contributed by atoms with Crippen LogP contribution in [-0.2, 0) is 16.1 Å². The molecule has 0 radical (unpaired) electrons. The molecule has 1 fully saturated rings. The first-order valence-corrected chi connectivity index (χ1v) is 11.7. The maximum Gasteiger partial charge on any atom is 0.295 e. The van der Waals surface area contributed by atoms with E-state index in [-0.39, 0.29) is 17.9 Å². The Hall–Kier alpha value is -3.45. The maximum atomic E-state index is 13.1. The SMILES string of the molecule is Cc1ccsc1C1/C(=C(/O)c2ccc(OCC(C)C)cc2)C(=O)C(=O)N1Cc1ccncc1. The topological polar surface area (TPSA) is 79.7 Å². The number of carbonyl (C=O) groups is 2. The maximum absolute atomic E-state index is 13.1. The molecule has 1 unspecified atom stereocenters. The highest BCUT2D eigenvalue weighted by molar-refractivity contribution is 7.10. The Bertz CT molecular complexity index is 1180. The number of aromatic nitrogens is 1. The largest absolute Gasteiger partial charge is 0.507 e. The summed E-state index contributed by atoms with van der Waals surface area (Å²) in [6.45, 7) is 6.91. The van der Waals surface area contributed by atoms with Crippen molar-refractivity contribution in [3.8, 4) is 5.75 Å². The molecule has 3 aromatic rings. The molecule has 1 aromatic carbocycles. The first kappa shape index (κ1) is 22.7. The van der Waals surface area contributed by atoms with Crippen LogP contribution in [0.4, 0.5) is 0 Å². The number of aryl methyl sites for hydroxylation is 1. The molecular formula is C26H26N2O4S. The van der Waals surface area contributed by atoms with Crippen molar-refractivity contribution < 1.29 is 19.4 Å². The summed E-state index contributed by atoms with van der Waals surface area (Å²) in [6.07, 6.45) is 3.31. The average Bonchev–Trinajstić information content (AvgIpc) is 3.34. The van der Waals surface area contributed by atoms with Crippen molar-refractivity contribution in [2.75, 3.05) is 6.61 Å². The van der Waals surface area contributed by atoms with Crippen molar-refractivity contribution in [2.24, 2.45) is 5.92 Å². The quantitative estimate of drug-likeness (QED) is 0.300.